The fraction of sp³-hybridized carbons (Fsp3) is 0.273. The number of hydrogen-bond acceptors (Lipinski definition) is 6. The maximum absolute atomic E-state index is 12.7. The molecule has 8 heteroatoms. The Morgan fingerprint density at radius 3 is 2.60 bits per heavy atom. The van der Waals surface area contributed by atoms with E-state index in [1.54, 1.807) is 25.4 Å². The second-order valence-electron chi connectivity index (χ2n) is 7.11. The number of fused-ring (bicyclic) bond motifs is 1. The molecule has 1 heterocycles. The van der Waals surface area contributed by atoms with Gasteiger partial charge in [0.2, 0.25) is 10.0 Å². The van der Waals surface area contributed by atoms with Gasteiger partial charge in [0.25, 0.3) is 0 Å². The summed E-state index contributed by atoms with van der Waals surface area (Å²) >= 11 is 0. The van der Waals surface area contributed by atoms with Crippen LogP contribution in [-0.2, 0) is 10.0 Å². The zero-order valence-corrected chi connectivity index (χ0v) is 18.3. The number of ketones is 1. The first-order valence-corrected chi connectivity index (χ1v) is 11.5. The zero-order chi connectivity index (χ0) is 21.9. The number of nitrogens with zero attached hydrogens (tertiary/aromatic N) is 1. The number of aryl methyl sites for hydroxylation is 1. The molecule has 0 aliphatic carbocycles. The number of nitrogens with one attached hydrogen (secondary N) is 2. The summed E-state index contributed by atoms with van der Waals surface area (Å²) in [6.45, 7) is 3.77. The summed E-state index contributed by atoms with van der Waals surface area (Å²) in [6.07, 6.45) is 3.85. The Hall–Kier alpha value is -3.13. The maximum Gasteiger partial charge on any atom is 0.229 e. The van der Waals surface area contributed by atoms with Crippen LogP contribution < -0.4 is 14.8 Å². The predicted molar refractivity (Wildman–Crippen MR) is 120 cm³/mol. The lowest BCUT2D eigenvalue weighted by Gasteiger charge is -2.16. The van der Waals surface area contributed by atoms with E-state index in [2.05, 4.69) is 15.0 Å². The van der Waals surface area contributed by atoms with Crippen molar-refractivity contribution in [2.45, 2.75) is 26.7 Å². The van der Waals surface area contributed by atoms with Gasteiger partial charge in [0.1, 0.15) is 11.3 Å². The predicted octanol–water partition coefficient (Wildman–Crippen LogP) is 4.65. The first-order valence-electron chi connectivity index (χ1n) is 9.58. The van der Waals surface area contributed by atoms with Gasteiger partial charge in [0.15, 0.2) is 5.78 Å². The molecule has 3 aromatic rings. The number of methoxy groups -OCH3 is 1. The van der Waals surface area contributed by atoms with Crippen LogP contribution in [0.2, 0.25) is 0 Å². The normalized spacial score (nSPS) is 11.3. The highest BCUT2D eigenvalue weighted by molar-refractivity contribution is 7.92. The van der Waals surface area contributed by atoms with Crippen molar-refractivity contribution in [2.75, 3.05) is 23.4 Å². The molecule has 7 nitrogen and oxygen atoms in total. The highest BCUT2D eigenvalue weighted by Crippen LogP contribution is 2.35. The van der Waals surface area contributed by atoms with Crippen LogP contribution in [0.4, 0.5) is 17.1 Å². The van der Waals surface area contributed by atoms with Crippen molar-refractivity contribution in [3.8, 4) is 5.75 Å². The van der Waals surface area contributed by atoms with E-state index in [0.29, 0.717) is 34.6 Å². The van der Waals surface area contributed by atoms with Gasteiger partial charge in [-0.3, -0.25) is 14.5 Å². The maximum atomic E-state index is 12.7. The number of ether oxygens (including phenoxy) is 1. The molecule has 0 aliphatic heterocycles. The number of benzene rings is 2. The van der Waals surface area contributed by atoms with Gasteiger partial charge in [0.05, 0.1) is 30.3 Å². The molecule has 2 aromatic carbocycles. The average Bonchev–Trinajstić information content (AvgIpc) is 2.69. The number of aromatic nitrogens is 1. The molecule has 0 atom stereocenters. The number of anilines is 3. The molecule has 0 aliphatic rings. The second-order valence-corrected chi connectivity index (χ2v) is 8.85. The van der Waals surface area contributed by atoms with E-state index in [0.717, 1.165) is 29.3 Å². The van der Waals surface area contributed by atoms with Crippen LogP contribution in [0.25, 0.3) is 10.9 Å². The summed E-state index contributed by atoms with van der Waals surface area (Å²) in [5.41, 5.74) is 3.80. The SMILES string of the molecule is CCCC(=O)c1cnc2c(OC)cccc2c1Nc1ccc(NS(C)(=O)=O)c(C)c1. The molecule has 158 valence electrons. The quantitative estimate of drug-likeness (QED) is 0.508. The number of rotatable bonds is 8. The molecular formula is C22H25N3O4S. The Bertz CT molecular complexity index is 1210. The minimum absolute atomic E-state index is 0.00399. The molecule has 30 heavy (non-hydrogen) atoms. The van der Waals surface area contributed by atoms with Crippen LogP contribution in [0, 0.1) is 6.92 Å². The Kier molecular flexibility index (Phi) is 6.26. The van der Waals surface area contributed by atoms with Gasteiger partial charge < -0.3 is 10.1 Å². The van der Waals surface area contributed by atoms with Crippen LogP contribution in [-0.4, -0.2) is 32.6 Å². The number of carbonyl (C=O) groups excluding carboxylic acids is 1. The summed E-state index contributed by atoms with van der Waals surface area (Å²) in [7, 11) is -1.79. The van der Waals surface area contributed by atoms with Crippen molar-refractivity contribution in [3.63, 3.8) is 0 Å². The molecule has 0 bridgehead atoms. The third-order valence-electron chi connectivity index (χ3n) is 4.65. The molecule has 1 aromatic heterocycles. The van der Waals surface area contributed by atoms with Crippen molar-refractivity contribution in [1.82, 2.24) is 4.98 Å². The third kappa shape index (κ3) is 4.71. The minimum atomic E-state index is -3.37. The molecule has 0 fully saturated rings. The molecular weight excluding hydrogens is 402 g/mol. The van der Waals surface area contributed by atoms with Crippen LogP contribution >= 0.6 is 0 Å². The first-order chi connectivity index (χ1) is 14.2. The summed E-state index contributed by atoms with van der Waals surface area (Å²) < 4.78 is 31.0. The largest absolute Gasteiger partial charge is 0.494 e. The number of hydrogen-bond donors (Lipinski definition) is 2. The third-order valence-corrected chi connectivity index (χ3v) is 5.24. The molecule has 0 unspecified atom stereocenters. The van der Waals surface area contributed by atoms with Crippen molar-refractivity contribution >= 4 is 43.8 Å². The Morgan fingerprint density at radius 1 is 1.20 bits per heavy atom. The van der Waals surface area contributed by atoms with E-state index in [4.69, 9.17) is 4.74 Å². The van der Waals surface area contributed by atoms with Gasteiger partial charge in [-0.2, -0.15) is 0 Å². The van der Waals surface area contributed by atoms with E-state index in [-0.39, 0.29) is 5.78 Å². The number of Topliss-reactive ketones (excluding diaryl/α,β-unsaturated/α-hetero) is 1. The van der Waals surface area contributed by atoms with Gasteiger partial charge in [-0.25, -0.2) is 8.42 Å². The van der Waals surface area contributed by atoms with Crippen molar-refractivity contribution < 1.29 is 17.9 Å². The molecule has 2 N–H and O–H groups in total. The van der Waals surface area contributed by atoms with Crippen LogP contribution in [0.15, 0.2) is 42.6 Å². The monoisotopic (exact) mass is 427 g/mol. The lowest BCUT2D eigenvalue weighted by molar-refractivity contribution is 0.0982. The average molecular weight is 428 g/mol. The van der Waals surface area contributed by atoms with Crippen molar-refractivity contribution in [2.24, 2.45) is 0 Å². The zero-order valence-electron chi connectivity index (χ0n) is 17.4. The molecule has 0 amide bonds. The highest BCUT2D eigenvalue weighted by Gasteiger charge is 2.17. The van der Waals surface area contributed by atoms with E-state index >= 15 is 0 Å². The van der Waals surface area contributed by atoms with Crippen molar-refractivity contribution in [1.29, 1.82) is 0 Å². The summed E-state index contributed by atoms with van der Waals surface area (Å²) in [6, 6.07) is 10.8. The molecule has 0 spiro atoms. The van der Waals surface area contributed by atoms with Crippen molar-refractivity contribution in [3.05, 3.63) is 53.7 Å². The number of sulfonamides is 1. The lowest BCUT2D eigenvalue weighted by atomic mass is 10.0. The highest BCUT2D eigenvalue weighted by atomic mass is 32.2. The Morgan fingerprint density at radius 2 is 1.97 bits per heavy atom. The van der Waals surface area contributed by atoms with Gasteiger partial charge in [-0.15, -0.1) is 0 Å². The molecule has 0 saturated carbocycles. The van der Waals surface area contributed by atoms with Gasteiger partial charge in [-0.05, 0) is 43.2 Å². The second kappa shape index (κ2) is 8.71. The summed E-state index contributed by atoms with van der Waals surface area (Å²) in [5, 5.41) is 4.11. The van der Waals surface area contributed by atoms with E-state index in [1.165, 1.54) is 0 Å². The number of carbonyl (C=O) groups is 1. The minimum Gasteiger partial charge on any atom is -0.494 e. The van der Waals surface area contributed by atoms with E-state index in [9.17, 15) is 13.2 Å². The van der Waals surface area contributed by atoms with E-state index < -0.39 is 10.0 Å². The number of pyridine rings is 1. The Labute approximate surface area is 176 Å². The van der Waals surface area contributed by atoms with Crippen LogP contribution in [0.5, 0.6) is 5.75 Å². The summed E-state index contributed by atoms with van der Waals surface area (Å²) in [5.74, 6) is 0.623. The van der Waals surface area contributed by atoms with Gasteiger partial charge in [0, 0.05) is 23.7 Å². The number of para-hydroxylation sites is 1. The molecule has 0 saturated heterocycles. The topological polar surface area (TPSA) is 97.4 Å². The van der Waals surface area contributed by atoms with Crippen LogP contribution in [0.1, 0.15) is 35.7 Å². The fourth-order valence-corrected chi connectivity index (χ4v) is 3.90. The van der Waals surface area contributed by atoms with Crippen LogP contribution in [0.3, 0.4) is 0 Å². The lowest BCUT2D eigenvalue weighted by Crippen LogP contribution is -2.11. The van der Waals surface area contributed by atoms with E-state index in [1.807, 2.05) is 38.1 Å². The molecule has 0 radical (unpaired) electrons. The van der Waals surface area contributed by atoms with Gasteiger partial charge in [-0.1, -0.05) is 19.1 Å². The fourth-order valence-electron chi connectivity index (χ4n) is 3.27. The Balaban J connectivity index is 2.10. The molecule has 3 rings (SSSR count). The smallest absolute Gasteiger partial charge is 0.229 e. The van der Waals surface area contributed by atoms with Gasteiger partial charge >= 0.3 is 0 Å². The first kappa shape index (κ1) is 21.6. The summed E-state index contributed by atoms with van der Waals surface area (Å²) in [4.78, 5) is 17.2. The standard InChI is InChI=1S/C22H25N3O4S/c1-5-7-19(26)17-13-23-22-16(8-6-9-20(22)29-3)21(17)24-15-10-11-18(14(2)12-15)25-30(4,27)28/h6,8-13,25H,5,7H2,1-4H3,(H,23,24).